The van der Waals surface area contributed by atoms with Crippen molar-refractivity contribution in [3.63, 3.8) is 0 Å². The number of carbonyl (C=O) groups excluding carboxylic acids is 1. The maximum Gasteiger partial charge on any atom is 0.194 e. The van der Waals surface area contributed by atoms with Crippen molar-refractivity contribution in [2.24, 2.45) is 0 Å². The summed E-state index contributed by atoms with van der Waals surface area (Å²) in [5, 5.41) is 5.15. The number of pyridine rings is 1. The summed E-state index contributed by atoms with van der Waals surface area (Å²) in [6.45, 7) is 20.6. The molecule has 0 spiro atoms. The van der Waals surface area contributed by atoms with Gasteiger partial charge in [0.2, 0.25) is 0 Å². The van der Waals surface area contributed by atoms with Gasteiger partial charge in [-0.25, -0.2) is 0 Å². The summed E-state index contributed by atoms with van der Waals surface area (Å²) >= 11 is 1.60. The minimum absolute atomic E-state index is 0.149. The van der Waals surface area contributed by atoms with Crippen LogP contribution in [0.15, 0.2) is 175 Å². The summed E-state index contributed by atoms with van der Waals surface area (Å²) in [6, 6.07) is 48.8. The number of carbonyl (C=O) groups is 1. The van der Waals surface area contributed by atoms with Crippen molar-refractivity contribution in [1.82, 2.24) is 15.3 Å². The molecule has 0 amide bonds. The Labute approximate surface area is 355 Å². The molecule has 1 aliphatic heterocycles. The highest BCUT2D eigenvalue weighted by Gasteiger charge is 2.24. The molecule has 58 heavy (non-hydrogen) atoms. The Morgan fingerprint density at radius 2 is 0.845 bits per heavy atom. The first kappa shape index (κ1) is 50.5. The molecule has 3 heterocycles. The van der Waals surface area contributed by atoms with Gasteiger partial charge >= 0.3 is 0 Å². The van der Waals surface area contributed by atoms with E-state index in [1.807, 2.05) is 146 Å². The lowest BCUT2D eigenvalue weighted by Gasteiger charge is -1.98. The molecule has 1 fully saturated rings. The van der Waals surface area contributed by atoms with Gasteiger partial charge in [-0.05, 0) is 84.8 Å². The first-order chi connectivity index (χ1) is 28.7. The average molecular weight is 794 g/mol. The van der Waals surface area contributed by atoms with Gasteiger partial charge in [-0.2, -0.15) is 0 Å². The summed E-state index contributed by atoms with van der Waals surface area (Å²) in [6.07, 6.45) is 9.15. The molecule has 0 bridgehead atoms. The van der Waals surface area contributed by atoms with Gasteiger partial charge < -0.3 is 5.32 Å². The standard InChI is InChI=1S/C13H8O.C13H10.C7H8.C5H5N.C4H9N.C3H3NS.4C2H6/c14-13-11-7-3-1-5-9(11)10-6-2-4-8-12(10)13;1-3-7-12-10(5-1)9-11-6-2-4-8-13(11)12;1-7-5-3-2-4-6-7;1-2-4-6-5-3-1;1-2-4-5-3-1;1-2-5-3-4-1;4*1-2/h1-8H;1-8H,9H2;2-6H,1H3;1-5H;5H,1-4H2;1-3H;4*1-2H3. The molecule has 0 atom stereocenters. The van der Waals surface area contributed by atoms with E-state index in [9.17, 15) is 4.79 Å². The predicted octanol–water partition coefficient (Wildman–Crippen LogP) is 14.9. The van der Waals surface area contributed by atoms with Crippen LogP contribution < -0.4 is 5.32 Å². The van der Waals surface area contributed by atoms with E-state index >= 15 is 0 Å². The van der Waals surface area contributed by atoms with E-state index in [1.54, 1.807) is 35.4 Å². The van der Waals surface area contributed by atoms with Gasteiger partial charge in [-0.1, -0.05) is 194 Å². The predicted molar refractivity (Wildman–Crippen MR) is 255 cm³/mol. The van der Waals surface area contributed by atoms with Crippen LogP contribution in [0, 0.1) is 6.92 Å². The highest BCUT2D eigenvalue weighted by Crippen LogP contribution is 2.36. The number of ketones is 1. The molecule has 1 saturated heterocycles. The molecular weight excluding hydrogens is 727 g/mol. The van der Waals surface area contributed by atoms with Crippen molar-refractivity contribution in [2.45, 2.75) is 81.6 Å². The minimum Gasteiger partial charge on any atom is -0.317 e. The van der Waals surface area contributed by atoms with Crippen LogP contribution in [0.2, 0.25) is 0 Å². The zero-order valence-electron chi connectivity index (χ0n) is 36.5. The SMILES string of the molecule is C1CCNC1.CC.CC.CC.CC.Cc1ccccc1.O=C1c2ccccc2-c2ccccc21.c1ccc2c(c1)Cc1ccccc1-2.c1ccncc1.c1cscn1. The van der Waals surface area contributed by atoms with Crippen LogP contribution in [0.3, 0.4) is 0 Å². The molecule has 10 rings (SSSR count). The number of nitrogens with zero attached hydrogens (tertiary/aromatic N) is 2. The third-order valence-corrected chi connectivity index (χ3v) is 8.67. The van der Waals surface area contributed by atoms with Crippen molar-refractivity contribution in [2.75, 3.05) is 13.1 Å². The van der Waals surface area contributed by atoms with Gasteiger partial charge in [0.1, 0.15) is 0 Å². The molecule has 2 aromatic heterocycles. The fourth-order valence-electron chi connectivity index (χ4n) is 5.70. The molecule has 0 radical (unpaired) electrons. The van der Waals surface area contributed by atoms with Gasteiger partial charge in [0.25, 0.3) is 0 Å². The minimum atomic E-state index is 0.149. The van der Waals surface area contributed by atoms with E-state index < -0.39 is 0 Å². The Morgan fingerprint density at radius 3 is 1.14 bits per heavy atom. The first-order valence-corrected chi connectivity index (χ1v) is 22.0. The Bertz CT molecular complexity index is 1850. The quantitative estimate of drug-likeness (QED) is 0.166. The number of thiazole rings is 1. The Hall–Kier alpha value is -5.49. The second-order valence-electron chi connectivity index (χ2n) is 11.7. The van der Waals surface area contributed by atoms with Crippen LogP contribution in [-0.2, 0) is 6.42 Å². The maximum absolute atomic E-state index is 11.9. The summed E-state index contributed by atoms with van der Waals surface area (Å²) in [5.74, 6) is 0.149. The van der Waals surface area contributed by atoms with Crippen molar-refractivity contribution in [3.05, 3.63) is 203 Å². The molecular formula is C53H67N3OS. The van der Waals surface area contributed by atoms with E-state index in [4.69, 9.17) is 0 Å². The second kappa shape index (κ2) is 33.6. The van der Waals surface area contributed by atoms with E-state index in [0.717, 1.165) is 28.7 Å². The lowest BCUT2D eigenvalue weighted by molar-refractivity contribution is 0.104. The Kier molecular flexibility index (Phi) is 29.3. The largest absolute Gasteiger partial charge is 0.317 e. The number of fused-ring (bicyclic) bond motifs is 6. The molecule has 5 aromatic carbocycles. The van der Waals surface area contributed by atoms with Crippen LogP contribution >= 0.6 is 11.3 Å². The maximum atomic E-state index is 11.9. The number of hydrogen-bond donors (Lipinski definition) is 1. The molecule has 1 N–H and O–H groups in total. The van der Waals surface area contributed by atoms with E-state index in [-0.39, 0.29) is 5.78 Å². The van der Waals surface area contributed by atoms with E-state index in [0.29, 0.717) is 0 Å². The van der Waals surface area contributed by atoms with Gasteiger partial charge in [-0.15, -0.1) is 11.3 Å². The third kappa shape index (κ3) is 18.2. The Balaban J connectivity index is 0.000000351. The number of hydrogen-bond acceptors (Lipinski definition) is 5. The lowest BCUT2D eigenvalue weighted by Crippen LogP contribution is -2.03. The molecule has 0 saturated carbocycles. The number of benzene rings is 5. The van der Waals surface area contributed by atoms with Crippen LogP contribution in [-0.4, -0.2) is 28.8 Å². The second-order valence-corrected chi connectivity index (χ2v) is 12.5. The fraction of sp³-hybridized carbons (Fsp3) is 0.264. The topological polar surface area (TPSA) is 54.9 Å². The van der Waals surface area contributed by atoms with Gasteiger partial charge in [0.05, 0.1) is 5.51 Å². The summed E-state index contributed by atoms with van der Waals surface area (Å²) in [5.41, 5.74) is 12.6. The van der Waals surface area contributed by atoms with Gasteiger partial charge in [-0.3, -0.25) is 14.8 Å². The highest BCUT2D eigenvalue weighted by atomic mass is 32.1. The van der Waals surface area contributed by atoms with Crippen LogP contribution in [0.4, 0.5) is 0 Å². The molecule has 306 valence electrons. The monoisotopic (exact) mass is 794 g/mol. The van der Waals surface area contributed by atoms with E-state index in [1.165, 1.54) is 53.7 Å². The average Bonchev–Trinajstić information content (AvgIpc) is 4.19. The van der Waals surface area contributed by atoms with Crippen LogP contribution in [0.1, 0.15) is 101 Å². The van der Waals surface area contributed by atoms with Crippen molar-refractivity contribution < 1.29 is 4.79 Å². The summed E-state index contributed by atoms with van der Waals surface area (Å²) < 4.78 is 0. The van der Waals surface area contributed by atoms with Gasteiger partial charge in [0, 0.05) is 35.1 Å². The Morgan fingerprint density at radius 1 is 0.448 bits per heavy atom. The summed E-state index contributed by atoms with van der Waals surface area (Å²) in [4.78, 5) is 19.4. The number of nitrogens with one attached hydrogen (secondary N) is 1. The van der Waals surface area contributed by atoms with Crippen molar-refractivity contribution in [1.29, 1.82) is 0 Å². The molecule has 7 aromatic rings. The highest BCUT2D eigenvalue weighted by molar-refractivity contribution is 7.07. The number of aryl methyl sites for hydroxylation is 1. The fourth-order valence-corrected chi connectivity index (χ4v) is 6.06. The number of rotatable bonds is 0. The van der Waals surface area contributed by atoms with E-state index in [2.05, 4.69) is 82.9 Å². The third-order valence-electron chi connectivity index (χ3n) is 8.15. The lowest BCUT2D eigenvalue weighted by atomic mass is 10.1. The zero-order chi connectivity index (χ0) is 42.6. The molecule has 2 aliphatic carbocycles. The van der Waals surface area contributed by atoms with Crippen LogP contribution in [0.5, 0.6) is 0 Å². The smallest absolute Gasteiger partial charge is 0.194 e. The molecule has 0 unspecified atom stereocenters. The van der Waals surface area contributed by atoms with Crippen LogP contribution in [0.25, 0.3) is 22.3 Å². The van der Waals surface area contributed by atoms with Crippen molar-refractivity contribution in [3.8, 4) is 22.3 Å². The normalized spacial score (nSPS) is 10.8. The zero-order valence-corrected chi connectivity index (χ0v) is 37.3. The molecule has 3 aliphatic rings. The number of aromatic nitrogens is 2. The van der Waals surface area contributed by atoms with Crippen molar-refractivity contribution >= 4 is 17.1 Å². The molecule has 4 nitrogen and oxygen atoms in total. The van der Waals surface area contributed by atoms with Gasteiger partial charge in [0.15, 0.2) is 5.78 Å². The summed E-state index contributed by atoms with van der Waals surface area (Å²) in [7, 11) is 0. The molecule has 5 heteroatoms. The first-order valence-electron chi connectivity index (χ1n) is 21.0.